The normalized spacial score (nSPS) is 13.3. The molecule has 0 radical (unpaired) electrons. The van der Waals surface area contributed by atoms with Gasteiger partial charge in [-0.05, 0) is 37.3 Å². The Labute approximate surface area is 174 Å². The Morgan fingerprint density at radius 1 is 1.17 bits per heavy atom. The predicted molar refractivity (Wildman–Crippen MR) is 116 cm³/mol. The molecule has 7 heteroatoms. The van der Waals surface area contributed by atoms with Crippen molar-refractivity contribution in [2.45, 2.75) is 19.9 Å². The number of methoxy groups -OCH3 is 1. The molecular weight excluding hydrogens is 378 g/mol. The van der Waals surface area contributed by atoms with Crippen LogP contribution in [0.3, 0.4) is 0 Å². The van der Waals surface area contributed by atoms with E-state index < -0.39 is 0 Å². The van der Waals surface area contributed by atoms with Crippen molar-refractivity contribution < 1.29 is 9.53 Å². The van der Waals surface area contributed by atoms with E-state index in [9.17, 15) is 4.79 Å². The van der Waals surface area contributed by atoms with E-state index in [4.69, 9.17) is 4.74 Å². The van der Waals surface area contributed by atoms with E-state index in [0.29, 0.717) is 24.5 Å². The van der Waals surface area contributed by atoms with Crippen LogP contribution in [-0.2, 0) is 13.0 Å². The average molecular weight is 401 g/mol. The number of aryl methyl sites for hydroxylation is 1. The van der Waals surface area contributed by atoms with Gasteiger partial charge >= 0.3 is 6.03 Å². The highest BCUT2D eigenvalue weighted by atomic mass is 16.5. The molecule has 2 aromatic heterocycles. The average Bonchev–Trinajstić information content (AvgIpc) is 3.41. The number of carbonyl (C=O) groups excluding carboxylic acids is 1. The minimum atomic E-state index is -0.155. The van der Waals surface area contributed by atoms with Crippen LogP contribution in [0.15, 0.2) is 55.0 Å². The summed E-state index contributed by atoms with van der Waals surface area (Å²) < 4.78 is 7.58. The SMILES string of the molecule is COc1ccc2[nH]ccc2c1NC(=O)N1CCc2c(ncn2-c2ccc(C)cc2)C1. The molecule has 0 bridgehead atoms. The molecular formula is C23H23N5O2. The third-order valence-corrected chi connectivity index (χ3v) is 5.66. The van der Waals surface area contributed by atoms with E-state index in [-0.39, 0.29) is 6.03 Å². The minimum absolute atomic E-state index is 0.155. The van der Waals surface area contributed by atoms with Gasteiger partial charge in [0.05, 0.1) is 31.4 Å². The van der Waals surface area contributed by atoms with Gasteiger partial charge in [-0.1, -0.05) is 17.7 Å². The number of benzene rings is 2. The molecule has 1 aliphatic heterocycles. The number of amides is 2. The molecule has 0 unspecified atom stereocenters. The zero-order valence-corrected chi connectivity index (χ0v) is 17.0. The Morgan fingerprint density at radius 3 is 2.80 bits per heavy atom. The van der Waals surface area contributed by atoms with Crippen LogP contribution >= 0.6 is 0 Å². The molecule has 0 aliphatic carbocycles. The van der Waals surface area contributed by atoms with Gasteiger partial charge < -0.3 is 24.5 Å². The summed E-state index contributed by atoms with van der Waals surface area (Å²) in [5, 5.41) is 3.96. The highest BCUT2D eigenvalue weighted by Crippen LogP contribution is 2.33. The Hall–Kier alpha value is -3.74. The van der Waals surface area contributed by atoms with Gasteiger partial charge in [-0.15, -0.1) is 0 Å². The van der Waals surface area contributed by atoms with E-state index >= 15 is 0 Å². The number of aromatic nitrogens is 3. The molecule has 0 spiro atoms. The number of hydrogen-bond acceptors (Lipinski definition) is 3. The van der Waals surface area contributed by atoms with Crippen LogP contribution in [0.1, 0.15) is 17.0 Å². The monoisotopic (exact) mass is 401 g/mol. The topological polar surface area (TPSA) is 75.2 Å². The number of rotatable bonds is 3. The van der Waals surface area contributed by atoms with Crippen LogP contribution in [-0.4, -0.2) is 39.1 Å². The van der Waals surface area contributed by atoms with Crippen molar-refractivity contribution in [1.29, 1.82) is 0 Å². The number of anilines is 1. The fourth-order valence-corrected chi connectivity index (χ4v) is 4.01. The number of fused-ring (bicyclic) bond motifs is 2. The van der Waals surface area contributed by atoms with Gasteiger partial charge in [-0.2, -0.15) is 0 Å². The van der Waals surface area contributed by atoms with Crippen LogP contribution in [0.25, 0.3) is 16.6 Å². The first-order valence-corrected chi connectivity index (χ1v) is 9.96. The van der Waals surface area contributed by atoms with Crippen LogP contribution in [0.2, 0.25) is 0 Å². The minimum Gasteiger partial charge on any atom is -0.495 e. The smallest absolute Gasteiger partial charge is 0.322 e. The highest BCUT2D eigenvalue weighted by molar-refractivity contribution is 6.03. The maximum Gasteiger partial charge on any atom is 0.322 e. The summed E-state index contributed by atoms with van der Waals surface area (Å²) >= 11 is 0. The van der Waals surface area contributed by atoms with Crippen molar-refractivity contribution in [1.82, 2.24) is 19.4 Å². The lowest BCUT2D eigenvalue weighted by Crippen LogP contribution is -2.39. The van der Waals surface area contributed by atoms with Crippen LogP contribution in [0.4, 0.5) is 10.5 Å². The molecule has 1 aliphatic rings. The van der Waals surface area contributed by atoms with Gasteiger partial charge in [0.2, 0.25) is 0 Å². The van der Waals surface area contributed by atoms with Crippen molar-refractivity contribution in [3.8, 4) is 11.4 Å². The first kappa shape index (κ1) is 18.3. The summed E-state index contributed by atoms with van der Waals surface area (Å²) in [6.45, 7) is 3.18. The molecule has 0 fully saturated rings. The van der Waals surface area contributed by atoms with E-state index in [1.54, 1.807) is 12.0 Å². The Morgan fingerprint density at radius 2 is 2.00 bits per heavy atom. The molecule has 2 N–H and O–H groups in total. The predicted octanol–water partition coefficient (Wildman–Crippen LogP) is 4.26. The third-order valence-electron chi connectivity index (χ3n) is 5.66. The highest BCUT2D eigenvalue weighted by Gasteiger charge is 2.26. The second kappa shape index (κ2) is 7.26. The number of H-pyrrole nitrogens is 1. The summed E-state index contributed by atoms with van der Waals surface area (Å²) in [4.78, 5) is 22.6. The summed E-state index contributed by atoms with van der Waals surface area (Å²) in [6, 6.07) is 14.0. The summed E-state index contributed by atoms with van der Waals surface area (Å²) in [5.74, 6) is 0.636. The molecule has 152 valence electrons. The second-order valence-corrected chi connectivity index (χ2v) is 7.53. The van der Waals surface area contributed by atoms with E-state index in [2.05, 4.69) is 51.0 Å². The standard InChI is InChI=1S/C23H23N5O2/c1-15-3-5-16(6-4-15)28-14-25-19-13-27(12-10-20(19)28)23(29)26-22-17-9-11-24-18(17)7-8-21(22)30-2/h3-9,11,14,24H,10,12-13H2,1-2H3,(H,26,29). The molecule has 5 rings (SSSR count). The molecule has 7 nitrogen and oxygen atoms in total. The van der Waals surface area contributed by atoms with Crippen molar-refractivity contribution in [2.24, 2.45) is 0 Å². The quantitative estimate of drug-likeness (QED) is 0.539. The number of nitrogens with zero attached hydrogens (tertiary/aromatic N) is 3. The summed E-state index contributed by atoms with van der Waals surface area (Å²) in [5.41, 5.74) is 6.04. The molecule has 0 saturated carbocycles. The van der Waals surface area contributed by atoms with Crippen molar-refractivity contribution >= 4 is 22.6 Å². The molecule has 2 amide bonds. The van der Waals surface area contributed by atoms with Crippen LogP contribution < -0.4 is 10.1 Å². The number of imidazole rings is 1. The zero-order chi connectivity index (χ0) is 20.7. The third kappa shape index (κ3) is 3.08. The number of ether oxygens (including phenoxy) is 1. The Balaban J connectivity index is 1.38. The largest absolute Gasteiger partial charge is 0.495 e. The van der Waals surface area contributed by atoms with Gasteiger partial charge in [0.25, 0.3) is 0 Å². The molecule has 2 aromatic carbocycles. The lowest BCUT2D eigenvalue weighted by atomic mass is 10.1. The van der Waals surface area contributed by atoms with E-state index in [1.165, 1.54) is 5.56 Å². The number of hydrogen-bond donors (Lipinski definition) is 2. The summed E-state index contributed by atoms with van der Waals surface area (Å²) in [6.07, 6.45) is 4.45. The number of carbonyl (C=O) groups is 1. The maximum atomic E-state index is 13.0. The number of nitrogens with one attached hydrogen (secondary N) is 2. The Kier molecular flexibility index (Phi) is 4.43. The van der Waals surface area contributed by atoms with Crippen molar-refractivity contribution in [3.05, 3.63) is 71.9 Å². The molecule has 30 heavy (non-hydrogen) atoms. The fraction of sp³-hybridized carbons (Fsp3) is 0.217. The van der Waals surface area contributed by atoms with Gasteiger partial charge in [0, 0.05) is 41.4 Å². The van der Waals surface area contributed by atoms with Gasteiger partial charge in [-0.25, -0.2) is 9.78 Å². The molecule has 0 atom stereocenters. The van der Waals surface area contributed by atoms with Crippen molar-refractivity contribution in [2.75, 3.05) is 19.0 Å². The van der Waals surface area contributed by atoms with E-state index in [0.717, 1.165) is 34.4 Å². The van der Waals surface area contributed by atoms with Crippen LogP contribution in [0.5, 0.6) is 5.75 Å². The van der Waals surface area contributed by atoms with Gasteiger partial charge in [-0.3, -0.25) is 0 Å². The first-order chi connectivity index (χ1) is 14.6. The lowest BCUT2D eigenvalue weighted by molar-refractivity contribution is 0.205. The Bertz CT molecular complexity index is 1220. The fourth-order valence-electron chi connectivity index (χ4n) is 4.01. The molecule has 3 heterocycles. The second-order valence-electron chi connectivity index (χ2n) is 7.53. The molecule has 0 saturated heterocycles. The lowest BCUT2D eigenvalue weighted by Gasteiger charge is -2.27. The first-order valence-electron chi connectivity index (χ1n) is 9.96. The number of urea groups is 1. The van der Waals surface area contributed by atoms with Gasteiger partial charge in [0.1, 0.15) is 5.75 Å². The molecule has 4 aromatic rings. The van der Waals surface area contributed by atoms with E-state index in [1.807, 2.05) is 30.7 Å². The maximum absolute atomic E-state index is 13.0. The summed E-state index contributed by atoms with van der Waals surface area (Å²) in [7, 11) is 1.61. The zero-order valence-electron chi connectivity index (χ0n) is 17.0. The van der Waals surface area contributed by atoms with Crippen LogP contribution in [0, 0.1) is 6.92 Å². The van der Waals surface area contributed by atoms with Gasteiger partial charge in [0.15, 0.2) is 0 Å². The number of aromatic amines is 1. The van der Waals surface area contributed by atoms with Crippen molar-refractivity contribution in [3.63, 3.8) is 0 Å².